The van der Waals surface area contributed by atoms with Gasteiger partial charge in [-0.05, 0) is 56.6 Å². The smallest absolute Gasteiger partial charge is 0.00405 e. The summed E-state index contributed by atoms with van der Waals surface area (Å²) >= 11 is 1.88. The molecule has 16 heavy (non-hydrogen) atoms. The minimum Gasteiger partial charge on any atom is -0.134 e. The van der Waals surface area contributed by atoms with Crippen LogP contribution in [0.15, 0.2) is 34.3 Å². The van der Waals surface area contributed by atoms with Crippen molar-refractivity contribution in [2.75, 3.05) is 6.26 Å². The third kappa shape index (κ3) is 4.61. The summed E-state index contributed by atoms with van der Waals surface area (Å²) in [5.41, 5.74) is 3.32. The Morgan fingerprint density at radius 3 is 2.69 bits per heavy atom. The Balaban J connectivity index is 2.32. The van der Waals surface area contributed by atoms with E-state index in [1.54, 1.807) is 11.1 Å². The van der Waals surface area contributed by atoms with Gasteiger partial charge < -0.3 is 0 Å². The van der Waals surface area contributed by atoms with Gasteiger partial charge in [0.05, 0.1) is 0 Å². The zero-order chi connectivity index (χ0) is 11.8. The molecule has 0 saturated heterocycles. The Kier molecular flexibility index (Phi) is 6.63. The molecule has 0 aromatic rings. The summed E-state index contributed by atoms with van der Waals surface area (Å²) < 4.78 is 0. The van der Waals surface area contributed by atoms with E-state index in [0.717, 1.165) is 12.8 Å². The predicted octanol–water partition coefficient (Wildman–Crippen LogP) is 5.48. The lowest BCUT2D eigenvalue weighted by Crippen LogP contribution is -1.78. The topological polar surface area (TPSA) is 0 Å². The second-order valence-corrected chi connectivity index (χ2v) is 5.33. The van der Waals surface area contributed by atoms with E-state index in [0.29, 0.717) is 0 Å². The van der Waals surface area contributed by atoms with Crippen molar-refractivity contribution in [2.45, 2.75) is 52.4 Å². The highest BCUT2D eigenvalue weighted by atomic mass is 32.2. The highest BCUT2D eigenvalue weighted by molar-refractivity contribution is 8.02. The first-order chi connectivity index (χ1) is 7.77. The van der Waals surface area contributed by atoms with E-state index in [-0.39, 0.29) is 0 Å². The molecular formula is C15H24S. The molecule has 0 amide bonds. The highest BCUT2D eigenvalue weighted by Crippen LogP contribution is 2.28. The number of rotatable bonds is 6. The fourth-order valence-corrected chi connectivity index (χ4v) is 2.73. The summed E-state index contributed by atoms with van der Waals surface area (Å²) in [5, 5.41) is 0. The summed E-state index contributed by atoms with van der Waals surface area (Å²) in [6, 6.07) is 0. The van der Waals surface area contributed by atoms with Gasteiger partial charge in [0, 0.05) is 0 Å². The molecule has 0 nitrogen and oxygen atoms in total. The van der Waals surface area contributed by atoms with Crippen LogP contribution in [-0.2, 0) is 0 Å². The molecule has 0 spiro atoms. The van der Waals surface area contributed by atoms with Crippen molar-refractivity contribution in [3.05, 3.63) is 34.3 Å². The first-order valence-corrected chi connectivity index (χ1v) is 7.56. The second-order valence-electron chi connectivity index (χ2n) is 4.40. The van der Waals surface area contributed by atoms with Crippen LogP contribution < -0.4 is 0 Å². The Bertz CT molecular complexity index is 295. The normalized spacial score (nSPS) is 17.8. The van der Waals surface area contributed by atoms with Gasteiger partial charge in [0.2, 0.25) is 0 Å². The summed E-state index contributed by atoms with van der Waals surface area (Å²) in [5.74, 6) is 0. The minimum atomic E-state index is 1.11. The molecule has 0 radical (unpaired) electrons. The van der Waals surface area contributed by atoms with Crippen molar-refractivity contribution in [3.63, 3.8) is 0 Å². The number of hydrogen-bond donors (Lipinski definition) is 0. The first-order valence-electron chi connectivity index (χ1n) is 6.33. The monoisotopic (exact) mass is 236 g/mol. The van der Waals surface area contributed by atoms with E-state index < -0.39 is 0 Å². The molecule has 0 aromatic heterocycles. The predicted molar refractivity (Wildman–Crippen MR) is 76.8 cm³/mol. The number of allylic oxidation sites excluding steroid dienone is 6. The van der Waals surface area contributed by atoms with Crippen LogP contribution in [0.1, 0.15) is 52.4 Å². The van der Waals surface area contributed by atoms with Gasteiger partial charge in [0.25, 0.3) is 0 Å². The third-order valence-corrected chi connectivity index (χ3v) is 4.04. The van der Waals surface area contributed by atoms with E-state index in [1.165, 1.54) is 30.6 Å². The molecule has 0 heterocycles. The summed E-state index contributed by atoms with van der Waals surface area (Å²) in [7, 11) is 0. The maximum Gasteiger partial charge on any atom is -0.00405 e. The van der Waals surface area contributed by atoms with Crippen LogP contribution in [0.3, 0.4) is 0 Å². The zero-order valence-corrected chi connectivity index (χ0v) is 11.7. The highest BCUT2D eigenvalue weighted by Gasteiger charge is 2.08. The lowest BCUT2D eigenvalue weighted by Gasteiger charge is -2.00. The summed E-state index contributed by atoms with van der Waals surface area (Å²) in [6.07, 6.45) is 16.6. The van der Waals surface area contributed by atoms with Gasteiger partial charge in [0.1, 0.15) is 0 Å². The first kappa shape index (κ1) is 13.6. The van der Waals surface area contributed by atoms with Gasteiger partial charge in [0.15, 0.2) is 0 Å². The summed E-state index contributed by atoms with van der Waals surface area (Å²) in [6.45, 7) is 4.49. The molecule has 0 N–H and O–H groups in total. The van der Waals surface area contributed by atoms with Crippen molar-refractivity contribution in [2.24, 2.45) is 0 Å². The molecule has 0 aromatic carbocycles. The van der Waals surface area contributed by atoms with Crippen LogP contribution in [-0.4, -0.2) is 6.26 Å². The molecule has 1 rings (SSSR count). The minimum absolute atomic E-state index is 1.11. The van der Waals surface area contributed by atoms with Crippen LogP contribution in [0.25, 0.3) is 0 Å². The van der Waals surface area contributed by atoms with Crippen molar-refractivity contribution < 1.29 is 0 Å². The van der Waals surface area contributed by atoms with Crippen LogP contribution in [0.4, 0.5) is 0 Å². The Morgan fingerprint density at radius 1 is 1.31 bits per heavy atom. The van der Waals surface area contributed by atoms with E-state index in [4.69, 9.17) is 0 Å². The van der Waals surface area contributed by atoms with Crippen LogP contribution >= 0.6 is 11.8 Å². The van der Waals surface area contributed by atoms with Gasteiger partial charge in [-0.2, -0.15) is 0 Å². The third-order valence-electron chi connectivity index (χ3n) is 3.18. The molecule has 0 saturated carbocycles. The molecule has 0 fully saturated rings. The van der Waals surface area contributed by atoms with Crippen molar-refractivity contribution in [1.82, 2.24) is 0 Å². The van der Waals surface area contributed by atoms with E-state index in [2.05, 4.69) is 38.3 Å². The molecule has 0 unspecified atom stereocenters. The lowest BCUT2D eigenvalue weighted by atomic mass is 10.1. The fourth-order valence-electron chi connectivity index (χ4n) is 2.14. The van der Waals surface area contributed by atoms with Gasteiger partial charge in [-0.3, -0.25) is 0 Å². The Hall–Kier alpha value is -0.430. The van der Waals surface area contributed by atoms with Crippen molar-refractivity contribution in [1.29, 1.82) is 0 Å². The molecule has 0 atom stereocenters. The summed E-state index contributed by atoms with van der Waals surface area (Å²) in [4.78, 5) is 1.50. The quantitative estimate of drug-likeness (QED) is 0.550. The maximum absolute atomic E-state index is 2.35. The molecular weight excluding hydrogens is 212 g/mol. The maximum atomic E-state index is 2.35. The van der Waals surface area contributed by atoms with Gasteiger partial charge >= 0.3 is 0 Å². The Morgan fingerprint density at radius 2 is 2.12 bits per heavy atom. The SMILES string of the molecule is CC/C=C(\C/C=C\CC1=C(C)CCC1)SC. The molecule has 1 aliphatic carbocycles. The van der Waals surface area contributed by atoms with Crippen LogP contribution in [0.2, 0.25) is 0 Å². The van der Waals surface area contributed by atoms with E-state index >= 15 is 0 Å². The molecule has 90 valence electrons. The van der Waals surface area contributed by atoms with Gasteiger partial charge in [-0.15, -0.1) is 11.8 Å². The van der Waals surface area contributed by atoms with Crippen LogP contribution in [0.5, 0.6) is 0 Å². The lowest BCUT2D eigenvalue weighted by molar-refractivity contribution is 0.883. The molecule has 1 aliphatic rings. The molecule has 0 bridgehead atoms. The van der Waals surface area contributed by atoms with Gasteiger partial charge in [-0.1, -0.05) is 36.3 Å². The second kappa shape index (κ2) is 7.78. The van der Waals surface area contributed by atoms with E-state index in [1.807, 2.05) is 11.8 Å². The Labute approximate surface area is 105 Å². The fraction of sp³-hybridized carbons (Fsp3) is 0.600. The van der Waals surface area contributed by atoms with Crippen LogP contribution in [0, 0.1) is 0 Å². The molecule has 1 heteroatoms. The number of thioether (sulfide) groups is 1. The van der Waals surface area contributed by atoms with E-state index in [9.17, 15) is 0 Å². The van der Waals surface area contributed by atoms with Crippen molar-refractivity contribution >= 4 is 11.8 Å². The number of hydrogen-bond acceptors (Lipinski definition) is 1. The average molecular weight is 236 g/mol. The molecule has 0 aliphatic heterocycles. The standard InChI is InChI=1S/C15H24S/c1-4-8-15(16-3)12-6-5-10-14-11-7-9-13(14)2/h5-6,8H,4,7,9-12H2,1-3H3/b6-5-,15-8+. The zero-order valence-electron chi connectivity index (χ0n) is 10.9. The van der Waals surface area contributed by atoms with Crippen molar-refractivity contribution in [3.8, 4) is 0 Å². The largest absolute Gasteiger partial charge is 0.134 e. The van der Waals surface area contributed by atoms with Gasteiger partial charge in [-0.25, -0.2) is 0 Å². The average Bonchev–Trinajstić information content (AvgIpc) is 2.69.